The summed E-state index contributed by atoms with van der Waals surface area (Å²) >= 11 is 2.97. The predicted molar refractivity (Wildman–Crippen MR) is 64.9 cm³/mol. The highest BCUT2D eigenvalue weighted by atomic mass is 79.9. The number of carbonyl (C=O) groups excluding carboxylic acids is 2. The van der Waals surface area contributed by atoms with E-state index >= 15 is 0 Å². The van der Waals surface area contributed by atoms with Gasteiger partial charge in [-0.05, 0) is 15.9 Å². The van der Waals surface area contributed by atoms with Crippen LogP contribution < -0.4 is 5.73 Å². The van der Waals surface area contributed by atoms with Crippen LogP contribution in [0.4, 0.5) is 0 Å². The SMILES string of the molecule is CC(=O)O[C@H]1[C@@H](O)[C@H](OC(C)=O)[C@@](N)(Br)O[C@@H]1CO. The monoisotopic (exact) mass is 341 g/mol. The van der Waals surface area contributed by atoms with Crippen LogP contribution in [0.3, 0.4) is 0 Å². The van der Waals surface area contributed by atoms with E-state index in [2.05, 4.69) is 15.9 Å². The molecule has 1 fully saturated rings. The first kappa shape index (κ1) is 16.3. The number of halogens is 1. The number of rotatable bonds is 3. The molecule has 1 heterocycles. The van der Waals surface area contributed by atoms with Crippen molar-refractivity contribution in [3.8, 4) is 0 Å². The van der Waals surface area contributed by atoms with Gasteiger partial charge in [0.05, 0.1) is 6.61 Å². The van der Waals surface area contributed by atoms with Crippen LogP contribution in [-0.4, -0.2) is 57.8 Å². The lowest BCUT2D eigenvalue weighted by molar-refractivity contribution is -0.252. The molecule has 0 bridgehead atoms. The van der Waals surface area contributed by atoms with Crippen molar-refractivity contribution in [1.29, 1.82) is 0 Å². The summed E-state index contributed by atoms with van der Waals surface area (Å²) in [6, 6.07) is 0. The average Bonchev–Trinajstić information content (AvgIpc) is 2.27. The first-order valence-corrected chi connectivity index (χ1v) is 6.27. The first-order valence-electron chi connectivity index (χ1n) is 5.48. The molecule has 0 radical (unpaired) electrons. The second kappa shape index (κ2) is 6.14. The fraction of sp³-hybridized carbons (Fsp3) is 0.800. The van der Waals surface area contributed by atoms with Crippen LogP contribution >= 0.6 is 15.9 Å². The van der Waals surface area contributed by atoms with E-state index in [0.717, 1.165) is 13.8 Å². The van der Waals surface area contributed by atoms with Crippen LogP contribution in [0.1, 0.15) is 13.8 Å². The second-order valence-electron chi connectivity index (χ2n) is 4.13. The molecular formula is C10H16BrNO7. The summed E-state index contributed by atoms with van der Waals surface area (Å²) in [7, 11) is 0. The van der Waals surface area contributed by atoms with Gasteiger partial charge < -0.3 is 24.4 Å². The highest BCUT2D eigenvalue weighted by Gasteiger charge is 2.54. The van der Waals surface area contributed by atoms with E-state index in [4.69, 9.17) is 19.9 Å². The zero-order valence-corrected chi connectivity index (χ0v) is 12.0. The minimum atomic E-state index is -1.69. The average molecular weight is 342 g/mol. The van der Waals surface area contributed by atoms with Crippen molar-refractivity contribution in [3.63, 3.8) is 0 Å². The summed E-state index contributed by atoms with van der Waals surface area (Å²) in [4.78, 5) is 22.0. The Kier molecular flexibility index (Phi) is 5.27. The number of aliphatic hydroxyl groups is 2. The Morgan fingerprint density at radius 2 is 1.89 bits per heavy atom. The smallest absolute Gasteiger partial charge is 0.303 e. The molecule has 0 amide bonds. The Hall–Kier alpha value is -0.740. The molecular weight excluding hydrogens is 326 g/mol. The third-order valence-electron chi connectivity index (χ3n) is 2.51. The number of nitrogens with two attached hydrogens (primary N) is 1. The maximum Gasteiger partial charge on any atom is 0.303 e. The Balaban J connectivity index is 2.98. The molecule has 0 aromatic carbocycles. The fourth-order valence-electron chi connectivity index (χ4n) is 1.80. The molecule has 1 rings (SSSR count). The summed E-state index contributed by atoms with van der Waals surface area (Å²) in [6.07, 6.45) is -4.98. The Morgan fingerprint density at radius 1 is 1.37 bits per heavy atom. The van der Waals surface area contributed by atoms with Gasteiger partial charge in [0.25, 0.3) is 0 Å². The molecule has 5 atom stereocenters. The third kappa shape index (κ3) is 3.86. The summed E-state index contributed by atoms with van der Waals surface area (Å²) in [6.45, 7) is 1.74. The van der Waals surface area contributed by atoms with Crippen LogP contribution in [0.15, 0.2) is 0 Å². The van der Waals surface area contributed by atoms with Crippen LogP contribution in [-0.2, 0) is 23.8 Å². The topological polar surface area (TPSA) is 128 Å². The van der Waals surface area contributed by atoms with Gasteiger partial charge in [0, 0.05) is 13.8 Å². The van der Waals surface area contributed by atoms with Gasteiger partial charge in [0.2, 0.25) is 4.63 Å². The molecule has 0 saturated carbocycles. The molecule has 8 nitrogen and oxygen atoms in total. The molecule has 0 aromatic rings. The zero-order chi connectivity index (χ0) is 14.8. The summed E-state index contributed by atoms with van der Waals surface area (Å²) in [5.74, 6) is -1.36. The molecule has 1 saturated heterocycles. The largest absolute Gasteiger partial charge is 0.457 e. The number of alkyl halides is 1. The zero-order valence-electron chi connectivity index (χ0n) is 10.4. The van der Waals surface area contributed by atoms with Crippen molar-refractivity contribution in [2.45, 2.75) is 42.9 Å². The van der Waals surface area contributed by atoms with E-state index in [1.807, 2.05) is 0 Å². The molecule has 4 N–H and O–H groups in total. The summed E-state index contributed by atoms with van der Waals surface area (Å²) in [5.41, 5.74) is 5.73. The van der Waals surface area contributed by atoms with E-state index in [-0.39, 0.29) is 0 Å². The van der Waals surface area contributed by atoms with Gasteiger partial charge in [-0.3, -0.25) is 15.3 Å². The van der Waals surface area contributed by atoms with Crippen molar-refractivity contribution in [2.24, 2.45) is 5.73 Å². The molecule has 0 spiro atoms. The second-order valence-corrected chi connectivity index (χ2v) is 5.37. The molecule has 110 valence electrons. The van der Waals surface area contributed by atoms with Gasteiger partial charge >= 0.3 is 11.9 Å². The molecule has 0 aliphatic carbocycles. The number of esters is 2. The van der Waals surface area contributed by atoms with E-state index in [1.165, 1.54) is 0 Å². The number of carbonyl (C=O) groups is 2. The van der Waals surface area contributed by atoms with Gasteiger partial charge in [-0.2, -0.15) is 0 Å². The highest BCUT2D eigenvalue weighted by molar-refractivity contribution is 9.10. The Bertz CT molecular complexity index is 362. The maximum atomic E-state index is 11.0. The fourth-order valence-corrected chi connectivity index (χ4v) is 2.40. The van der Waals surface area contributed by atoms with Crippen LogP contribution in [0, 0.1) is 0 Å². The number of hydrogen-bond donors (Lipinski definition) is 3. The molecule has 9 heteroatoms. The van der Waals surface area contributed by atoms with Crippen LogP contribution in [0.5, 0.6) is 0 Å². The van der Waals surface area contributed by atoms with Gasteiger partial charge in [-0.15, -0.1) is 0 Å². The number of aliphatic hydroxyl groups excluding tert-OH is 2. The quantitative estimate of drug-likeness (QED) is 0.325. The van der Waals surface area contributed by atoms with Crippen LogP contribution in [0.25, 0.3) is 0 Å². The summed E-state index contributed by atoms with van der Waals surface area (Å²) < 4.78 is 13.3. The van der Waals surface area contributed by atoms with E-state index in [0.29, 0.717) is 0 Å². The molecule has 19 heavy (non-hydrogen) atoms. The van der Waals surface area contributed by atoms with Crippen molar-refractivity contribution in [1.82, 2.24) is 0 Å². The molecule has 1 aliphatic heterocycles. The third-order valence-corrected chi connectivity index (χ3v) is 3.15. The molecule has 1 aliphatic rings. The number of ether oxygens (including phenoxy) is 3. The van der Waals surface area contributed by atoms with E-state index in [1.54, 1.807) is 0 Å². The van der Waals surface area contributed by atoms with Crippen molar-refractivity contribution >= 4 is 27.9 Å². The van der Waals surface area contributed by atoms with E-state index < -0.39 is 47.6 Å². The van der Waals surface area contributed by atoms with Gasteiger partial charge in [0.1, 0.15) is 12.2 Å². The number of hydrogen-bond acceptors (Lipinski definition) is 8. The first-order chi connectivity index (χ1) is 8.69. The lowest BCUT2D eigenvalue weighted by Gasteiger charge is -2.45. The minimum absolute atomic E-state index is 0.535. The minimum Gasteiger partial charge on any atom is -0.457 e. The Labute approximate surface area is 117 Å². The standard InChI is InChI=1S/C10H16BrNO7/c1-4(14)17-8-6(3-13)19-10(11,12)9(7(8)16)18-5(2)15/h6-9,13,16H,3,12H2,1-2H3/t6-,7-,8-,9+,10+/m1/s1. The molecule has 0 aromatic heterocycles. The van der Waals surface area contributed by atoms with Gasteiger partial charge in [-0.1, -0.05) is 0 Å². The van der Waals surface area contributed by atoms with Crippen LogP contribution in [0.2, 0.25) is 0 Å². The van der Waals surface area contributed by atoms with Gasteiger partial charge in [0.15, 0.2) is 12.2 Å². The molecule has 0 unspecified atom stereocenters. The van der Waals surface area contributed by atoms with Crippen molar-refractivity contribution in [2.75, 3.05) is 6.61 Å². The lowest BCUT2D eigenvalue weighted by Crippen LogP contribution is -2.68. The van der Waals surface area contributed by atoms with E-state index in [9.17, 15) is 19.8 Å². The van der Waals surface area contributed by atoms with Crippen molar-refractivity contribution < 1.29 is 34.0 Å². The summed E-state index contributed by atoms with van der Waals surface area (Å²) in [5, 5.41) is 19.3. The van der Waals surface area contributed by atoms with Crippen molar-refractivity contribution in [3.05, 3.63) is 0 Å². The van der Waals surface area contributed by atoms with Gasteiger partial charge in [-0.25, -0.2) is 0 Å². The Morgan fingerprint density at radius 3 is 2.32 bits per heavy atom. The highest BCUT2D eigenvalue weighted by Crippen LogP contribution is 2.34. The normalized spacial score (nSPS) is 38.6. The predicted octanol–water partition coefficient (Wildman–Crippen LogP) is -1.39. The lowest BCUT2D eigenvalue weighted by atomic mass is 9.98. The maximum absolute atomic E-state index is 11.0.